The topological polar surface area (TPSA) is 210 Å². The van der Waals surface area contributed by atoms with Gasteiger partial charge in [-0.2, -0.15) is 0 Å². The number of nitrogens with one attached hydrogen (secondary N) is 1. The molecular weight excluding hydrogens is 782 g/mol. The van der Waals surface area contributed by atoms with E-state index in [0.717, 1.165) is 10.0 Å². The lowest BCUT2D eigenvalue weighted by molar-refractivity contribution is -0.274. The molecule has 6 rings (SSSR count). The summed E-state index contributed by atoms with van der Waals surface area (Å²) in [6, 6.07) is 21.5. The summed E-state index contributed by atoms with van der Waals surface area (Å²) in [5.74, 6) is -1.95. The number of benzene rings is 3. The Bertz CT molecular complexity index is 1850. The summed E-state index contributed by atoms with van der Waals surface area (Å²) in [6.45, 7) is 5.77. The Balaban J connectivity index is 1.24. The predicted octanol–water partition coefficient (Wildman–Crippen LogP) is 1.94. The van der Waals surface area contributed by atoms with Crippen LogP contribution in [0.1, 0.15) is 30.0 Å². The van der Waals surface area contributed by atoms with E-state index in [1.807, 2.05) is 55.5 Å². The van der Waals surface area contributed by atoms with Crippen LogP contribution < -0.4 is 10.2 Å². The van der Waals surface area contributed by atoms with Crippen LogP contribution in [0.2, 0.25) is 18.6 Å². The molecule has 14 nitrogen and oxygen atoms in total. The third-order valence-electron chi connectivity index (χ3n) is 10.7. The second kappa shape index (κ2) is 15.9. The van der Waals surface area contributed by atoms with E-state index in [9.17, 15) is 44.7 Å². The van der Waals surface area contributed by atoms with Gasteiger partial charge in [0.1, 0.15) is 18.3 Å². The van der Waals surface area contributed by atoms with Gasteiger partial charge in [0.15, 0.2) is 26.3 Å². The highest BCUT2D eigenvalue weighted by atomic mass is 79.9. The maximum atomic E-state index is 14.8. The van der Waals surface area contributed by atoms with E-state index in [2.05, 4.69) is 21.2 Å². The highest BCUT2D eigenvalue weighted by Gasteiger charge is 2.66. The zero-order valence-corrected chi connectivity index (χ0v) is 32.7. The molecule has 9 atom stereocenters. The van der Waals surface area contributed by atoms with Crippen molar-refractivity contribution in [2.24, 2.45) is 5.92 Å². The summed E-state index contributed by atoms with van der Waals surface area (Å²) in [5, 5.41) is 52.1. The minimum atomic E-state index is -3.07. The first-order chi connectivity index (χ1) is 25.6. The Morgan fingerprint density at radius 3 is 2.30 bits per heavy atom. The lowest BCUT2D eigenvalue weighted by Crippen LogP contribution is -2.60. The molecule has 7 N–H and O–H groups in total. The van der Waals surface area contributed by atoms with E-state index in [1.54, 1.807) is 47.2 Å². The highest BCUT2D eigenvalue weighted by Crippen LogP contribution is 2.60. The van der Waals surface area contributed by atoms with Crippen molar-refractivity contribution in [2.75, 3.05) is 23.4 Å². The molecule has 0 bridgehead atoms. The molecule has 54 heavy (non-hydrogen) atoms. The van der Waals surface area contributed by atoms with Crippen LogP contribution in [-0.2, 0) is 42.5 Å². The van der Waals surface area contributed by atoms with Crippen LogP contribution in [-0.4, -0.2) is 111 Å². The maximum absolute atomic E-state index is 14.8. The Morgan fingerprint density at radius 1 is 0.963 bits per heavy atom. The van der Waals surface area contributed by atoms with Crippen LogP contribution in [0.3, 0.4) is 0 Å². The zero-order chi connectivity index (χ0) is 39.1. The number of anilines is 2. The van der Waals surface area contributed by atoms with Crippen LogP contribution in [0, 0.1) is 5.92 Å². The van der Waals surface area contributed by atoms with Crippen LogP contribution in [0.15, 0.2) is 77.3 Å². The predicted molar refractivity (Wildman–Crippen MR) is 202 cm³/mol. The third-order valence-corrected chi connectivity index (χ3v) is 13.7. The van der Waals surface area contributed by atoms with Gasteiger partial charge in [-0.15, -0.1) is 0 Å². The molecule has 3 heterocycles. The molecule has 0 saturated carbocycles. The first-order valence-electron chi connectivity index (χ1n) is 17.8. The number of aliphatic hydroxyl groups is 5. The molecule has 3 aliphatic rings. The molecule has 0 unspecified atom stereocenters. The first-order valence-corrected chi connectivity index (χ1v) is 21.6. The normalized spacial score (nSPS) is 29.4. The molecule has 2 fully saturated rings. The number of carbonyl (C=O) groups is 3. The number of amides is 3. The number of hydrogen-bond acceptors (Lipinski definition) is 11. The van der Waals surface area contributed by atoms with Gasteiger partial charge >= 0.3 is 0 Å². The lowest BCUT2D eigenvalue weighted by Gasteiger charge is -2.37. The fourth-order valence-electron chi connectivity index (χ4n) is 8.09. The number of halogens is 1. The molecule has 3 amide bonds. The molecule has 0 aliphatic carbocycles. The molecule has 3 aliphatic heterocycles. The molecule has 0 aromatic heterocycles. The van der Waals surface area contributed by atoms with Gasteiger partial charge in [-0.25, -0.2) is 0 Å². The Labute approximate surface area is 322 Å². The van der Waals surface area contributed by atoms with Crippen LogP contribution >= 0.6 is 15.9 Å². The third kappa shape index (κ3) is 7.64. The highest BCUT2D eigenvalue weighted by molar-refractivity contribution is 9.10. The summed E-state index contributed by atoms with van der Waals surface area (Å²) in [7, 11) is -3.07. The second-order valence-corrected chi connectivity index (χ2v) is 19.6. The van der Waals surface area contributed by atoms with Crippen LogP contribution in [0.5, 0.6) is 0 Å². The van der Waals surface area contributed by atoms with Gasteiger partial charge in [-0.3, -0.25) is 14.4 Å². The molecular formula is C38H46BrN3O11Si. The van der Waals surface area contributed by atoms with Gasteiger partial charge in [0.05, 0.1) is 31.4 Å². The minimum absolute atomic E-state index is 0.0915. The van der Waals surface area contributed by atoms with Crippen molar-refractivity contribution in [3.8, 4) is 0 Å². The molecule has 3 aromatic rings. The molecule has 16 heteroatoms. The largest absolute Gasteiger partial charge is 0.432 e. The quantitative estimate of drug-likeness (QED) is 0.139. The molecule has 2 saturated heterocycles. The van der Waals surface area contributed by atoms with E-state index in [4.69, 9.17) is 9.47 Å². The molecule has 3 aromatic carbocycles. The Kier molecular flexibility index (Phi) is 11.8. The number of fused-ring (bicyclic) bond motifs is 2. The number of ether oxygens (including phenoxy) is 2. The minimum Gasteiger partial charge on any atom is -0.432 e. The van der Waals surface area contributed by atoms with Crippen molar-refractivity contribution < 1.29 is 54.2 Å². The van der Waals surface area contributed by atoms with Gasteiger partial charge in [0.2, 0.25) is 5.91 Å². The van der Waals surface area contributed by atoms with Gasteiger partial charge in [-0.05, 0) is 54.6 Å². The Morgan fingerprint density at radius 2 is 1.65 bits per heavy atom. The van der Waals surface area contributed by atoms with Gasteiger partial charge in [0, 0.05) is 40.3 Å². The molecule has 0 radical (unpaired) electrons. The number of nitrogens with zero attached hydrogens (tertiary/aromatic N) is 2. The van der Waals surface area contributed by atoms with Crippen molar-refractivity contribution in [2.45, 2.75) is 87.5 Å². The van der Waals surface area contributed by atoms with Crippen LogP contribution in [0.4, 0.5) is 11.4 Å². The standard InChI is InChI=1S/C38H46BrN3O11Si/c1-21-34(54(2,3)51)28(18-29(44)41(15-16-43)19-22-7-5-4-6-8-22)53-38(21)26-17-24(39)11-14-27(26)42(37(38)50)20-23-9-12-25(13-10-23)40-35(48)33-31(46)30(45)32(47)36(49)52-33/h4-14,17,21,28,30-34,36,43,45-47,49,51H,15-16,18-20H2,1-3H3,(H,40,48)/t21-,28+,30+,31+,32-,33+,34-,36-,38+/m1/s1. The average Bonchev–Trinajstić information content (AvgIpc) is 3.55. The van der Waals surface area contributed by atoms with Crippen molar-refractivity contribution >= 4 is 53.3 Å². The number of hydrogen-bond donors (Lipinski definition) is 7. The monoisotopic (exact) mass is 827 g/mol. The summed E-state index contributed by atoms with van der Waals surface area (Å²) in [4.78, 5) is 56.4. The smallest absolute Gasteiger partial charge is 0.264 e. The SMILES string of the molecule is C[C@@H]1[C@@H]([Si](C)(C)O)[C@H](CC(=O)N(CCO)Cc2ccccc2)O[C@@]12C(=O)N(Cc1ccc(NC(=O)[C@H]3O[C@@H](O)[C@H](O)[C@@H](O)[C@@H]3O)cc1)c1ccc(Br)cc12. The number of carbonyl (C=O) groups excluding carboxylic acids is 3. The zero-order valence-electron chi connectivity index (χ0n) is 30.1. The molecule has 1 spiro atoms. The fourth-order valence-corrected chi connectivity index (χ4v) is 11.0. The summed E-state index contributed by atoms with van der Waals surface area (Å²) < 4.78 is 12.6. The summed E-state index contributed by atoms with van der Waals surface area (Å²) in [5.41, 5.74) is 1.15. The fraction of sp³-hybridized carbons (Fsp3) is 0.447. The number of aliphatic hydroxyl groups excluding tert-OH is 5. The van der Waals surface area contributed by atoms with Crippen LogP contribution in [0.25, 0.3) is 0 Å². The summed E-state index contributed by atoms with van der Waals surface area (Å²) in [6.07, 6.45) is -9.73. The molecule has 290 valence electrons. The van der Waals surface area contributed by atoms with E-state index in [1.165, 1.54) is 0 Å². The van der Waals surface area contributed by atoms with Crippen molar-refractivity contribution in [1.82, 2.24) is 4.90 Å². The Hall–Kier alpha value is -3.55. The van der Waals surface area contributed by atoms with Crippen molar-refractivity contribution in [3.63, 3.8) is 0 Å². The first kappa shape index (κ1) is 40.1. The average molecular weight is 829 g/mol. The van der Waals surface area contributed by atoms with E-state index in [-0.39, 0.29) is 44.5 Å². The second-order valence-electron chi connectivity index (χ2n) is 14.7. The maximum Gasteiger partial charge on any atom is 0.264 e. The number of rotatable bonds is 11. The van der Waals surface area contributed by atoms with E-state index in [0.29, 0.717) is 22.5 Å². The van der Waals surface area contributed by atoms with Crippen molar-refractivity contribution in [3.05, 3.63) is 94.0 Å². The summed E-state index contributed by atoms with van der Waals surface area (Å²) >= 11 is 3.56. The van der Waals surface area contributed by atoms with Gasteiger partial charge < -0.3 is 54.9 Å². The van der Waals surface area contributed by atoms with E-state index >= 15 is 0 Å². The van der Waals surface area contributed by atoms with Crippen molar-refractivity contribution in [1.29, 1.82) is 0 Å². The van der Waals surface area contributed by atoms with E-state index < -0.39 is 68.1 Å². The lowest BCUT2D eigenvalue weighted by atomic mass is 9.82. The van der Waals surface area contributed by atoms with Gasteiger partial charge in [-0.1, -0.05) is 65.3 Å². The van der Waals surface area contributed by atoms with Gasteiger partial charge in [0.25, 0.3) is 11.8 Å².